The Morgan fingerprint density at radius 1 is 1.16 bits per heavy atom. The molecule has 0 aliphatic carbocycles. The van der Waals surface area contributed by atoms with Crippen molar-refractivity contribution >= 4 is 29.2 Å². The van der Waals surface area contributed by atoms with Crippen LogP contribution in [-0.2, 0) is 0 Å². The number of carbonyl (C=O) groups is 1. The normalized spacial score (nSPS) is 10.3. The van der Waals surface area contributed by atoms with Gasteiger partial charge in [-0.3, -0.25) is 0 Å². The number of halogens is 2. The van der Waals surface area contributed by atoms with Crippen molar-refractivity contribution in [3.8, 4) is 16.9 Å². The van der Waals surface area contributed by atoms with Crippen LogP contribution in [0.3, 0.4) is 0 Å². The Morgan fingerprint density at radius 3 is 2.53 bits per heavy atom. The lowest BCUT2D eigenvalue weighted by atomic mass is 9.99. The van der Waals surface area contributed by atoms with Crippen molar-refractivity contribution < 1.29 is 14.6 Å². The Bertz CT molecular complexity index is 639. The van der Waals surface area contributed by atoms with E-state index in [1.54, 1.807) is 30.3 Å². The van der Waals surface area contributed by atoms with E-state index in [2.05, 4.69) is 0 Å². The van der Waals surface area contributed by atoms with Gasteiger partial charge in [0.15, 0.2) is 0 Å². The molecule has 0 bridgehead atoms. The zero-order valence-corrected chi connectivity index (χ0v) is 11.5. The van der Waals surface area contributed by atoms with Crippen LogP contribution < -0.4 is 4.74 Å². The smallest absolute Gasteiger partial charge is 0.336 e. The van der Waals surface area contributed by atoms with Gasteiger partial charge in [0.1, 0.15) is 5.75 Å². The lowest BCUT2D eigenvalue weighted by Crippen LogP contribution is -1.99. The molecule has 0 aliphatic rings. The van der Waals surface area contributed by atoms with Gasteiger partial charge in [0.25, 0.3) is 0 Å². The molecule has 2 aromatic rings. The highest BCUT2D eigenvalue weighted by atomic mass is 35.5. The molecule has 0 spiro atoms. The monoisotopic (exact) mass is 296 g/mol. The van der Waals surface area contributed by atoms with Crippen molar-refractivity contribution in [2.75, 3.05) is 7.11 Å². The maximum atomic E-state index is 11.3. The van der Waals surface area contributed by atoms with Crippen molar-refractivity contribution in [1.29, 1.82) is 0 Å². The molecule has 0 aromatic heterocycles. The molecular formula is C14H10Cl2O3. The van der Waals surface area contributed by atoms with Gasteiger partial charge in [0, 0.05) is 5.02 Å². The van der Waals surface area contributed by atoms with Crippen LogP contribution in [0.25, 0.3) is 11.1 Å². The van der Waals surface area contributed by atoms with Crippen LogP contribution in [0.1, 0.15) is 10.4 Å². The zero-order valence-electron chi connectivity index (χ0n) is 9.98. The second kappa shape index (κ2) is 5.51. The van der Waals surface area contributed by atoms with Crippen LogP contribution in [0.5, 0.6) is 5.75 Å². The van der Waals surface area contributed by atoms with E-state index in [0.717, 1.165) is 0 Å². The van der Waals surface area contributed by atoms with Gasteiger partial charge in [-0.25, -0.2) is 4.79 Å². The third kappa shape index (κ3) is 2.83. The summed E-state index contributed by atoms with van der Waals surface area (Å²) in [5, 5.41) is 10.1. The SMILES string of the molecule is COc1cc(-c2ccc(Cl)cc2C(=O)O)ccc1Cl. The summed E-state index contributed by atoms with van der Waals surface area (Å²) in [6.45, 7) is 0. The number of benzene rings is 2. The quantitative estimate of drug-likeness (QED) is 0.915. The van der Waals surface area contributed by atoms with Gasteiger partial charge in [-0.15, -0.1) is 0 Å². The maximum absolute atomic E-state index is 11.3. The number of ether oxygens (including phenoxy) is 1. The summed E-state index contributed by atoms with van der Waals surface area (Å²) < 4.78 is 5.13. The summed E-state index contributed by atoms with van der Waals surface area (Å²) in [7, 11) is 1.50. The van der Waals surface area contributed by atoms with Crippen LogP contribution in [0, 0.1) is 0 Å². The minimum Gasteiger partial charge on any atom is -0.495 e. The molecule has 0 aliphatic heterocycles. The Labute approximate surface area is 120 Å². The van der Waals surface area contributed by atoms with E-state index in [4.69, 9.17) is 27.9 Å². The van der Waals surface area contributed by atoms with Crippen LogP contribution in [0.15, 0.2) is 36.4 Å². The first-order valence-corrected chi connectivity index (χ1v) is 6.15. The van der Waals surface area contributed by atoms with Crippen LogP contribution in [0.4, 0.5) is 0 Å². The highest BCUT2D eigenvalue weighted by Crippen LogP contribution is 2.33. The molecule has 0 saturated carbocycles. The summed E-state index contributed by atoms with van der Waals surface area (Å²) in [5.74, 6) is -0.545. The van der Waals surface area contributed by atoms with E-state index in [0.29, 0.717) is 26.9 Å². The second-order valence-electron chi connectivity index (χ2n) is 3.84. The van der Waals surface area contributed by atoms with E-state index in [1.165, 1.54) is 13.2 Å². The molecule has 0 amide bonds. The molecule has 0 atom stereocenters. The summed E-state index contributed by atoms with van der Waals surface area (Å²) in [6, 6.07) is 9.81. The molecule has 2 aromatic carbocycles. The second-order valence-corrected chi connectivity index (χ2v) is 4.69. The molecule has 0 heterocycles. The maximum Gasteiger partial charge on any atom is 0.336 e. The van der Waals surface area contributed by atoms with Gasteiger partial charge >= 0.3 is 5.97 Å². The van der Waals surface area contributed by atoms with Gasteiger partial charge in [-0.2, -0.15) is 0 Å². The zero-order chi connectivity index (χ0) is 14.0. The Hall–Kier alpha value is -1.71. The predicted octanol–water partition coefficient (Wildman–Crippen LogP) is 4.37. The minimum atomic E-state index is -1.04. The van der Waals surface area contributed by atoms with E-state index in [9.17, 15) is 9.90 Å². The average Bonchev–Trinajstić information content (AvgIpc) is 2.39. The topological polar surface area (TPSA) is 46.5 Å². The molecule has 19 heavy (non-hydrogen) atoms. The number of hydrogen-bond donors (Lipinski definition) is 1. The lowest BCUT2D eigenvalue weighted by molar-refractivity contribution is 0.0697. The van der Waals surface area contributed by atoms with Crippen molar-refractivity contribution in [2.24, 2.45) is 0 Å². The number of aromatic carboxylic acids is 1. The molecule has 0 saturated heterocycles. The highest BCUT2D eigenvalue weighted by Gasteiger charge is 2.13. The minimum absolute atomic E-state index is 0.136. The van der Waals surface area contributed by atoms with Crippen molar-refractivity contribution in [3.63, 3.8) is 0 Å². The van der Waals surface area contributed by atoms with Crippen LogP contribution >= 0.6 is 23.2 Å². The molecular weight excluding hydrogens is 287 g/mol. The van der Waals surface area contributed by atoms with Crippen LogP contribution in [0.2, 0.25) is 10.0 Å². The molecule has 0 fully saturated rings. The predicted molar refractivity (Wildman–Crippen MR) is 75.4 cm³/mol. The number of carboxylic acids is 1. The number of carboxylic acid groups (broad SMARTS) is 1. The summed E-state index contributed by atoms with van der Waals surface area (Å²) in [4.78, 5) is 11.3. The third-order valence-electron chi connectivity index (χ3n) is 2.67. The van der Waals surface area contributed by atoms with E-state index < -0.39 is 5.97 Å². The largest absolute Gasteiger partial charge is 0.495 e. The molecule has 98 valence electrons. The third-order valence-corrected chi connectivity index (χ3v) is 3.22. The summed E-state index contributed by atoms with van der Waals surface area (Å²) in [6.07, 6.45) is 0. The molecule has 1 N–H and O–H groups in total. The van der Waals surface area contributed by atoms with Gasteiger partial charge in [-0.05, 0) is 35.4 Å². The van der Waals surface area contributed by atoms with Crippen molar-refractivity contribution in [1.82, 2.24) is 0 Å². The molecule has 2 rings (SSSR count). The Balaban J connectivity index is 2.61. The van der Waals surface area contributed by atoms with Crippen LogP contribution in [-0.4, -0.2) is 18.2 Å². The fourth-order valence-electron chi connectivity index (χ4n) is 1.77. The first-order chi connectivity index (χ1) is 9.02. The van der Waals surface area contributed by atoms with Gasteiger partial charge < -0.3 is 9.84 Å². The van der Waals surface area contributed by atoms with E-state index in [1.807, 2.05) is 0 Å². The number of hydrogen-bond acceptors (Lipinski definition) is 2. The van der Waals surface area contributed by atoms with Gasteiger partial charge in [0.2, 0.25) is 0 Å². The van der Waals surface area contributed by atoms with Crippen molar-refractivity contribution in [2.45, 2.75) is 0 Å². The van der Waals surface area contributed by atoms with Crippen molar-refractivity contribution in [3.05, 3.63) is 52.0 Å². The Morgan fingerprint density at radius 2 is 1.89 bits per heavy atom. The van der Waals surface area contributed by atoms with Gasteiger partial charge in [-0.1, -0.05) is 35.3 Å². The van der Waals surface area contributed by atoms with Gasteiger partial charge in [0.05, 0.1) is 17.7 Å². The summed E-state index contributed by atoms with van der Waals surface area (Å²) in [5.41, 5.74) is 1.40. The van der Waals surface area contributed by atoms with E-state index >= 15 is 0 Å². The molecule has 5 heteroatoms. The number of methoxy groups -OCH3 is 1. The first kappa shape index (κ1) is 13.7. The summed E-state index contributed by atoms with van der Waals surface area (Å²) >= 11 is 11.8. The fraction of sp³-hybridized carbons (Fsp3) is 0.0714. The molecule has 0 radical (unpaired) electrons. The lowest BCUT2D eigenvalue weighted by Gasteiger charge is -2.09. The molecule has 0 unspecified atom stereocenters. The standard InChI is InChI=1S/C14H10Cl2O3/c1-19-13-6-8(2-5-12(13)16)10-4-3-9(15)7-11(10)14(17)18/h2-7H,1H3,(H,17,18). The molecule has 3 nitrogen and oxygen atoms in total. The highest BCUT2D eigenvalue weighted by molar-refractivity contribution is 6.32. The number of rotatable bonds is 3. The first-order valence-electron chi connectivity index (χ1n) is 5.39. The van der Waals surface area contributed by atoms with E-state index in [-0.39, 0.29) is 5.56 Å². The Kier molecular flexibility index (Phi) is 3.98. The fourth-order valence-corrected chi connectivity index (χ4v) is 2.14. The average molecular weight is 297 g/mol.